The molecule has 0 N–H and O–H groups in total. The van der Waals surface area contributed by atoms with Gasteiger partial charge in [-0.2, -0.15) is 0 Å². The zero-order valence-electron chi connectivity index (χ0n) is 11.0. The van der Waals surface area contributed by atoms with Crippen LogP contribution in [0, 0.1) is 0 Å². The smallest absolute Gasteiger partial charge is 0.123 e. The standard InChI is InChI=1S/C15H17BrN2S/c1-2-7-18-8-6-13-14(10-18)19-15(17-13)11-4-3-5-12(16)9-11/h3-5,9H,2,6-8,10H2,1H3. The molecule has 0 radical (unpaired) electrons. The van der Waals surface area contributed by atoms with Crippen LogP contribution >= 0.6 is 27.3 Å². The minimum Gasteiger partial charge on any atom is -0.298 e. The van der Waals surface area contributed by atoms with Gasteiger partial charge in [-0.25, -0.2) is 4.98 Å². The molecular weight excluding hydrogens is 320 g/mol. The van der Waals surface area contributed by atoms with Crippen LogP contribution in [0.2, 0.25) is 0 Å². The summed E-state index contributed by atoms with van der Waals surface area (Å²) < 4.78 is 1.12. The third-order valence-electron chi connectivity index (χ3n) is 3.42. The number of thiazole rings is 1. The molecule has 2 nitrogen and oxygen atoms in total. The van der Waals surface area contributed by atoms with Crippen molar-refractivity contribution >= 4 is 27.3 Å². The van der Waals surface area contributed by atoms with E-state index in [1.54, 1.807) is 0 Å². The molecule has 3 rings (SSSR count). The van der Waals surface area contributed by atoms with Gasteiger partial charge < -0.3 is 0 Å². The number of fused-ring (bicyclic) bond motifs is 1. The second-order valence-electron chi connectivity index (χ2n) is 4.93. The SMILES string of the molecule is CCCN1CCc2nc(-c3cccc(Br)c3)sc2C1. The molecule has 2 aromatic rings. The van der Waals surface area contributed by atoms with Crippen LogP contribution in [-0.2, 0) is 13.0 Å². The first kappa shape index (κ1) is 13.3. The molecule has 0 atom stereocenters. The lowest BCUT2D eigenvalue weighted by Crippen LogP contribution is -2.30. The summed E-state index contributed by atoms with van der Waals surface area (Å²) >= 11 is 5.38. The Kier molecular flexibility index (Phi) is 4.01. The van der Waals surface area contributed by atoms with Gasteiger partial charge in [-0.15, -0.1) is 11.3 Å². The van der Waals surface area contributed by atoms with Crippen LogP contribution in [0.25, 0.3) is 10.6 Å². The van der Waals surface area contributed by atoms with Crippen molar-refractivity contribution in [1.82, 2.24) is 9.88 Å². The Labute approximate surface area is 126 Å². The molecule has 1 aliphatic heterocycles. The maximum atomic E-state index is 4.83. The van der Waals surface area contributed by atoms with Gasteiger partial charge in [-0.3, -0.25) is 4.90 Å². The number of benzene rings is 1. The van der Waals surface area contributed by atoms with Crippen molar-refractivity contribution in [2.75, 3.05) is 13.1 Å². The van der Waals surface area contributed by atoms with Crippen molar-refractivity contribution in [3.05, 3.63) is 39.3 Å². The first-order valence-corrected chi connectivity index (χ1v) is 8.34. The Morgan fingerprint density at radius 1 is 1.42 bits per heavy atom. The summed E-state index contributed by atoms with van der Waals surface area (Å²) in [7, 11) is 0. The average Bonchev–Trinajstić information content (AvgIpc) is 2.82. The minimum atomic E-state index is 1.08. The molecule has 0 unspecified atom stereocenters. The monoisotopic (exact) mass is 336 g/mol. The summed E-state index contributed by atoms with van der Waals surface area (Å²) in [5.41, 5.74) is 2.53. The fraction of sp³-hybridized carbons (Fsp3) is 0.400. The van der Waals surface area contributed by atoms with Gasteiger partial charge in [0, 0.05) is 34.4 Å². The van der Waals surface area contributed by atoms with E-state index in [1.165, 1.54) is 29.1 Å². The number of rotatable bonds is 3. The van der Waals surface area contributed by atoms with E-state index in [9.17, 15) is 0 Å². The van der Waals surface area contributed by atoms with Crippen LogP contribution in [0.5, 0.6) is 0 Å². The van der Waals surface area contributed by atoms with E-state index in [-0.39, 0.29) is 0 Å². The molecule has 100 valence electrons. The Balaban J connectivity index is 1.87. The fourth-order valence-corrected chi connectivity index (χ4v) is 4.05. The summed E-state index contributed by atoms with van der Waals surface area (Å²) in [6.07, 6.45) is 2.33. The molecule has 0 fully saturated rings. The number of aromatic nitrogens is 1. The normalized spacial score (nSPS) is 15.5. The maximum Gasteiger partial charge on any atom is 0.123 e. The largest absolute Gasteiger partial charge is 0.298 e. The van der Waals surface area contributed by atoms with Crippen LogP contribution in [0.15, 0.2) is 28.7 Å². The van der Waals surface area contributed by atoms with Crippen molar-refractivity contribution in [2.45, 2.75) is 26.3 Å². The van der Waals surface area contributed by atoms with Gasteiger partial charge in [0.1, 0.15) is 5.01 Å². The van der Waals surface area contributed by atoms with Crippen LogP contribution in [-0.4, -0.2) is 23.0 Å². The molecule has 0 saturated carbocycles. The maximum absolute atomic E-state index is 4.83. The predicted octanol–water partition coefficient (Wildman–Crippen LogP) is 4.34. The second kappa shape index (κ2) is 5.73. The summed E-state index contributed by atoms with van der Waals surface area (Å²) in [5, 5.41) is 1.16. The van der Waals surface area contributed by atoms with Gasteiger partial charge in [0.15, 0.2) is 0 Å². The van der Waals surface area contributed by atoms with Crippen LogP contribution in [0.1, 0.15) is 23.9 Å². The molecule has 0 saturated heterocycles. The third kappa shape index (κ3) is 2.91. The molecule has 0 aliphatic carbocycles. The van der Waals surface area contributed by atoms with E-state index >= 15 is 0 Å². The molecule has 19 heavy (non-hydrogen) atoms. The van der Waals surface area contributed by atoms with E-state index in [1.807, 2.05) is 11.3 Å². The Morgan fingerprint density at radius 3 is 3.11 bits per heavy atom. The zero-order valence-corrected chi connectivity index (χ0v) is 13.4. The number of hydrogen-bond donors (Lipinski definition) is 0. The Bertz CT molecular complexity index is 579. The molecule has 0 bridgehead atoms. The lowest BCUT2D eigenvalue weighted by Gasteiger charge is -2.25. The molecule has 1 aromatic carbocycles. The molecule has 0 amide bonds. The number of halogens is 1. The highest BCUT2D eigenvalue weighted by molar-refractivity contribution is 9.10. The van der Waals surface area contributed by atoms with Crippen LogP contribution in [0.3, 0.4) is 0 Å². The van der Waals surface area contributed by atoms with Gasteiger partial charge in [-0.05, 0) is 25.1 Å². The summed E-state index contributed by atoms with van der Waals surface area (Å²) in [6.45, 7) is 5.68. The first-order valence-electron chi connectivity index (χ1n) is 6.73. The van der Waals surface area contributed by atoms with Crippen molar-refractivity contribution in [3.8, 4) is 10.6 Å². The topological polar surface area (TPSA) is 16.1 Å². The summed E-state index contributed by atoms with van der Waals surface area (Å²) in [5.74, 6) is 0. The van der Waals surface area contributed by atoms with E-state index in [0.717, 1.165) is 29.0 Å². The highest BCUT2D eigenvalue weighted by Gasteiger charge is 2.20. The number of hydrogen-bond acceptors (Lipinski definition) is 3. The molecule has 1 aromatic heterocycles. The van der Waals surface area contributed by atoms with Crippen molar-refractivity contribution < 1.29 is 0 Å². The van der Waals surface area contributed by atoms with E-state index in [4.69, 9.17) is 4.98 Å². The van der Waals surface area contributed by atoms with Gasteiger partial charge in [0.2, 0.25) is 0 Å². The zero-order chi connectivity index (χ0) is 13.2. The van der Waals surface area contributed by atoms with E-state index < -0.39 is 0 Å². The third-order valence-corrected chi connectivity index (χ3v) is 5.05. The lowest BCUT2D eigenvalue weighted by atomic mass is 10.1. The van der Waals surface area contributed by atoms with E-state index in [2.05, 4.69) is 52.0 Å². The second-order valence-corrected chi connectivity index (χ2v) is 6.92. The quantitative estimate of drug-likeness (QED) is 0.828. The molecule has 2 heterocycles. The van der Waals surface area contributed by atoms with E-state index in [0.29, 0.717) is 0 Å². The fourth-order valence-electron chi connectivity index (χ4n) is 2.50. The lowest BCUT2D eigenvalue weighted by molar-refractivity contribution is 0.256. The molecule has 4 heteroatoms. The summed E-state index contributed by atoms with van der Waals surface area (Å²) in [6, 6.07) is 8.41. The van der Waals surface area contributed by atoms with Crippen molar-refractivity contribution in [1.29, 1.82) is 0 Å². The van der Waals surface area contributed by atoms with Gasteiger partial charge >= 0.3 is 0 Å². The molecule has 1 aliphatic rings. The Morgan fingerprint density at radius 2 is 2.32 bits per heavy atom. The predicted molar refractivity (Wildman–Crippen MR) is 84.5 cm³/mol. The van der Waals surface area contributed by atoms with Crippen molar-refractivity contribution in [3.63, 3.8) is 0 Å². The summed E-state index contributed by atoms with van der Waals surface area (Å²) in [4.78, 5) is 8.81. The highest BCUT2D eigenvalue weighted by atomic mass is 79.9. The molecule has 0 spiro atoms. The Hall–Kier alpha value is -0.710. The van der Waals surface area contributed by atoms with Crippen molar-refractivity contribution in [2.24, 2.45) is 0 Å². The molecular formula is C15H17BrN2S. The minimum absolute atomic E-state index is 1.08. The number of nitrogens with zero attached hydrogens (tertiary/aromatic N) is 2. The van der Waals surface area contributed by atoms with Gasteiger partial charge in [0.05, 0.1) is 5.69 Å². The first-order chi connectivity index (χ1) is 9.26. The highest BCUT2D eigenvalue weighted by Crippen LogP contribution is 2.32. The average molecular weight is 337 g/mol. The van der Waals surface area contributed by atoms with Gasteiger partial charge in [-0.1, -0.05) is 35.0 Å². The van der Waals surface area contributed by atoms with Crippen LogP contribution in [0.4, 0.5) is 0 Å². The van der Waals surface area contributed by atoms with Crippen LogP contribution < -0.4 is 0 Å². The van der Waals surface area contributed by atoms with Gasteiger partial charge in [0.25, 0.3) is 0 Å².